The summed E-state index contributed by atoms with van der Waals surface area (Å²) in [5, 5.41) is 12.9. The fourth-order valence-corrected chi connectivity index (χ4v) is 4.73. The molecule has 0 saturated carbocycles. The second kappa shape index (κ2) is 5.79. The van der Waals surface area contributed by atoms with E-state index < -0.39 is 18.1 Å². The predicted octanol–water partition coefficient (Wildman–Crippen LogP) is 0.748. The minimum Gasteiger partial charge on any atom is -0.361 e. The second-order valence-corrected chi connectivity index (χ2v) is 7.75. The predicted molar refractivity (Wildman–Crippen MR) is 96.4 cm³/mol. The van der Waals surface area contributed by atoms with Gasteiger partial charge in [-0.1, -0.05) is 5.16 Å². The summed E-state index contributed by atoms with van der Waals surface area (Å²) < 4.78 is 4.77. The molecule has 3 saturated heterocycles. The van der Waals surface area contributed by atoms with Gasteiger partial charge in [0, 0.05) is 6.07 Å². The van der Waals surface area contributed by atoms with Crippen molar-refractivity contribution < 1.29 is 23.4 Å². The zero-order valence-corrected chi connectivity index (χ0v) is 15.8. The number of aryl methyl sites for hydroxylation is 2. The molecule has 10 heteroatoms. The summed E-state index contributed by atoms with van der Waals surface area (Å²) in [5.74, 6) is -0.142. The third kappa shape index (κ3) is 2.19. The van der Waals surface area contributed by atoms with E-state index in [1.807, 2.05) is 11.0 Å². The van der Waals surface area contributed by atoms with Crippen LogP contribution in [-0.2, 0) is 4.79 Å². The molecule has 146 valence electrons. The first-order valence-corrected chi connectivity index (χ1v) is 9.19. The number of rotatable bonds is 3. The monoisotopic (exact) mass is 393 g/mol. The Kier molecular flexibility index (Phi) is 3.53. The Hall–Kier alpha value is -3.42. The molecule has 5 rings (SSSR count). The highest BCUT2D eigenvalue weighted by Gasteiger charge is 2.73. The number of ketones is 1. The standard InChI is InChI=1S/C19H17N6O4/c1-10-3-12(6-21-14(10)5-20)24-18(27)16-8-23-7-15(25(16,9-23)19(24)28)17(26)13-4-11(2)29-22-13/h3-4,6,15-16H,7-9H2,1-2H3/q+1. The van der Waals surface area contributed by atoms with Crippen LogP contribution in [0.15, 0.2) is 22.9 Å². The molecule has 4 atom stereocenters. The third-order valence-corrected chi connectivity index (χ3v) is 6.07. The van der Waals surface area contributed by atoms with Crippen molar-refractivity contribution in [2.45, 2.75) is 25.9 Å². The van der Waals surface area contributed by atoms with E-state index in [-0.39, 0.29) is 27.6 Å². The lowest BCUT2D eigenvalue weighted by Crippen LogP contribution is -2.62. The van der Waals surface area contributed by atoms with Crippen LogP contribution in [0.5, 0.6) is 0 Å². The van der Waals surface area contributed by atoms with Gasteiger partial charge in [-0.15, -0.1) is 0 Å². The van der Waals surface area contributed by atoms with Gasteiger partial charge in [0.15, 0.2) is 17.8 Å². The number of nitrogens with zero attached hydrogens (tertiary/aromatic N) is 6. The molecule has 29 heavy (non-hydrogen) atoms. The lowest BCUT2D eigenvalue weighted by molar-refractivity contribution is -0.852. The van der Waals surface area contributed by atoms with E-state index in [0.717, 1.165) is 4.90 Å². The number of imide groups is 1. The number of pyridine rings is 1. The van der Waals surface area contributed by atoms with Gasteiger partial charge in [-0.25, -0.2) is 19.2 Å². The van der Waals surface area contributed by atoms with Gasteiger partial charge in [0.1, 0.15) is 24.2 Å². The second-order valence-electron chi connectivity index (χ2n) is 7.75. The smallest absolute Gasteiger partial charge is 0.361 e. The number of amides is 3. The third-order valence-electron chi connectivity index (χ3n) is 6.07. The van der Waals surface area contributed by atoms with Gasteiger partial charge >= 0.3 is 6.03 Å². The van der Waals surface area contributed by atoms with Gasteiger partial charge in [-0.2, -0.15) is 10.2 Å². The summed E-state index contributed by atoms with van der Waals surface area (Å²) in [6, 6.07) is 3.32. The Bertz CT molecular complexity index is 1130. The number of carbonyl (C=O) groups is 3. The van der Waals surface area contributed by atoms with Gasteiger partial charge in [0.25, 0.3) is 5.91 Å². The maximum Gasteiger partial charge on any atom is 0.433 e. The van der Waals surface area contributed by atoms with Crippen molar-refractivity contribution in [3.8, 4) is 6.07 Å². The van der Waals surface area contributed by atoms with Gasteiger partial charge in [-0.05, 0) is 25.5 Å². The van der Waals surface area contributed by atoms with Crippen molar-refractivity contribution in [3.63, 3.8) is 0 Å². The van der Waals surface area contributed by atoms with E-state index in [1.54, 1.807) is 26.0 Å². The van der Waals surface area contributed by atoms with Crippen molar-refractivity contribution in [1.82, 2.24) is 15.0 Å². The summed E-state index contributed by atoms with van der Waals surface area (Å²) in [5.41, 5.74) is 1.30. The maximum absolute atomic E-state index is 13.6. The van der Waals surface area contributed by atoms with Crippen molar-refractivity contribution in [2.75, 3.05) is 24.7 Å². The summed E-state index contributed by atoms with van der Waals surface area (Å²) in [6.45, 7) is 4.51. The molecule has 0 aliphatic carbocycles. The molecule has 4 unspecified atom stereocenters. The molecule has 5 heterocycles. The molecule has 3 amide bonds. The molecule has 3 aliphatic heterocycles. The number of fused-ring (bicyclic) bond motifs is 1. The number of piperazine rings is 1. The van der Waals surface area contributed by atoms with E-state index in [2.05, 4.69) is 10.1 Å². The van der Waals surface area contributed by atoms with Crippen LogP contribution in [0.2, 0.25) is 0 Å². The first kappa shape index (κ1) is 17.7. The van der Waals surface area contributed by atoms with E-state index in [4.69, 9.17) is 9.78 Å². The highest BCUT2D eigenvalue weighted by atomic mass is 16.5. The summed E-state index contributed by atoms with van der Waals surface area (Å²) in [4.78, 5) is 47.0. The minimum atomic E-state index is -0.716. The summed E-state index contributed by atoms with van der Waals surface area (Å²) in [7, 11) is 0. The van der Waals surface area contributed by atoms with Crippen LogP contribution in [0.25, 0.3) is 0 Å². The topological polar surface area (TPSA) is 120 Å². The van der Waals surface area contributed by atoms with Crippen molar-refractivity contribution >= 4 is 23.4 Å². The van der Waals surface area contributed by atoms with Crippen molar-refractivity contribution in [1.29, 1.82) is 5.26 Å². The Labute approximate surface area is 165 Å². The van der Waals surface area contributed by atoms with Gasteiger partial charge < -0.3 is 4.52 Å². The minimum absolute atomic E-state index is 0.169. The van der Waals surface area contributed by atoms with E-state index >= 15 is 0 Å². The lowest BCUT2D eigenvalue weighted by Gasteiger charge is -2.32. The number of quaternary nitrogens is 1. The van der Waals surface area contributed by atoms with Gasteiger partial charge in [0.2, 0.25) is 5.78 Å². The number of carbonyl (C=O) groups excluding carboxylic acids is 3. The van der Waals surface area contributed by atoms with Crippen LogP contribution >= 0.6 is 0 Å². The normalized spacial score (nSPS) is 30.0. The number of aromatic nitrogens is 2. The highest BCUT2D eigenvalue weighted by Crippen LogP contribution is 2.44. The zero-order valence-electron chi connectivity index (χ0n) is 15.8. The number of nitriles is 1. The van der Waals surface area contributed by atoms with Crippen LogP contribution in [0.4, 0.5) is 10.5 Å². The Morgan fingerprint density at radius 2 is 2.10 bits per heavy atom. The summed E-state index contributed by atoms with van der Waals surface area (Å²) >= 11 is 0. The highest BCUT2D eigenvalue weighted by molar-refractivity contribution is 6.19. The molecule has 1 spiro atoms. The fraction of sp³-hybridized carbons (Fsp3) is 0.368. The van der Waals surface area contributed by atoms with E-state index in [1.165, 1.54) is 6.20 Å². The van der Waals surface area contributed by atoms with Crippen molar-refractivity contribution in [2.24, 2.45) is 0 Å². The van der Waals surface area contributed by atoms with Crippen molar-refractivity contribution in [3.05, 3.63) is 41.0 Å². The number of hydrogen-bond donors (Lipinski definition) is 0. The maximum atomic E-state index is 13.6. The molecular weight excluding hydrogens is 376 g/mol. The number of urea groups is 1. The first-order valence-electron chi connectivity index (χ1n) is 9.19. The molecule has 0 aromatic carbocycles. The molecule has 2 aromatic rings. The van der Waals surface area contributed by atoms with Gasteiger partial charge in [0.05, 0.1) is 25.0 Å². The molecule has 3 aliphatic rings. The van der Waals surface area contributed by atoms with Crippen LogP contribution < -0.4 is 4.90 Å². The van der Waals surface area contributed by atoms with Crippen LogP contribution in [0.3, 0.4) is 0 Å². The largest absolute Gasteiger partial charge is 0.433 e. The van der Waals surface area contributed by atoms with E-state index in [0.29, 0.717) is 36.8 Å². The molecular formula is C19H17N6O4+. The van der Waals surface area contributed by atoms with Crippen LogP contribution in [0.1, 0.15) is 27.5 Å². The number of hydrogen-bond acceptors (Lipinski definition) is 8. The summed E-state index contributed by atoms with van der Waals surface area (Å²) in [6.07, 6.45) is 1.35. The number of Topliss-reactive ketones (excluding diaryl/α,β-unsaturated/α-hetero) is 1. The van der Waals surface area contributed by atoms with Gasteiger partial charge in [-0.3, -0.25) is 9.59 Å². The SMILES string of the molecule is Cc1cc(C(=O)C2CN3CC4C(=O)N(c5cnc(C#N)c(C)c5)C(=O)[N+]24C3)no1. The molecule has 2 bridgehead atoms. The lowest BCUT2D eigenvalue weighted by atomic mass is 10.0. The first-order chi connectivity index (χ1) is 13.9. The molecule has 2 aromatic heterocycles. The molecule has 3 fully saturated rings. The Morgan fingerprint density at radius 3 is 2.76 bits per heavy atom. The Balaban J connectivity index is 1.56. The molecule has 0 N–H and O–H groups in total. The zero-order chi connectivity index (χ0) is 20.5. The average Bonchev–Trinajstić information content (AvgIpc) is 3.43. The van der Waals surface area contributed by atoms with Crippen LogP contribution in [-0.4, -0.2) is 69.1 Å². The average molecular weight is 393 g/mol. The Morgan fingerprint density at radius 1 is 1.31 bits per heavy atom. The van der Waals surface area contributed by atoms with E-state index in [9.17, 15) is 14.4 Å². The molecule has 10 nitrogen and oxygen atoms in total. The number of anilines is 1. The van der Waals surface area contributed by atoms with Crippen LogP contribution in [0, 0.1) is 25.2 Å². The quantitative estimate of drug-likeness (QED) is 0.425. The molecule has 0 radical (unpaired) electrons. The fourth-order valence-electron chi connectivity index (χ4n) is 4.73.